The molecular weight excluding hydrogens is 421 g/mol. The van der Waals surface area contributed by atoms with Crippen LogP contribution in [0.25, 0.3) is 22.0 Å². The third kappa shape index (κ3) is 4.41. The minimum atomic E-state index is -4.74. The number of halogens is 3. The van der Waals surface area contributed by atoms with Crippen molar-refractivity contribution in [2.24, 2.45) is 0 Å². The average molecular weight is 442 g/mol. The van der Waals surface area contributed by atoms with Gasteiger partial charge in [-0.15, -0.1) is 0 Å². The number of nitrogens with one attached hydrogen (secondary N) is 3. The van der Waals surface area contributed by atoms with Gasteiger partial charge in [0.1, 0.15) is 5.69 Å². The standard InChI is InChI=1S/C22H17F3N4O2.CH4/c1-12(13-5-3-2-4-6-13)28-21(31)18-9-19(30)16-7-14(15-10-26-27-11-15)8-17(20(16)29-18)22(23,24)25;/h2-12H,1H3,(H,26,27)(H,28,31)(H,29,30);1H4/t12-;/m1./s1. The van der Waals surface area contributed by atoms with E-state index in [1.165, 1.54) is 18.5 Å². The van der Waals surface area contributed by atoms with Gasteiger partial charge in [0, 0.05) is 23.2 Å². The molecule has 0 aliphatic heterocycles. The Bertz CT molecular complexity index is 1300. The molecule has 4 aromatic rings. The van der Waals surface area contributed by atoms with Crippen LogP contribution in [0.2, 0.25) is 0 Å². The van der Waals surface area contributed by atoms with Crippen molar-refractivity contribution in [1.29, 1.82) is 0 Å². The SMILES string of the molecule is C.C[C@@H](NC(=O)c1cc(=O)c2cc(-c3cn[nH]c3)cc(C(F)(F)F)c2[nH]1)c1ccccc1. The Morgan fingerprint density at radius 3 is 2.44 bits per heavy atom. The molecular formula is C23H21F3N4O2. The summed E-state index contributed by atoms with van der Waals surface area (Å²) < 4.78 is 41.4. The number of aromatic nitrogens is 3. The number of hydrogen-bond donors (Lipinski definition) is 3. The summed E-state index contributed by atoms with van der Waals surface area (Å²) in [5, 5.41) is 8.80. The van der Waals surface area contributed by atoms with E-state index in [2.05, 4.69) is 20.5 Å². The lowest BCUT2D eigenvalue weighted by molar-refractivity contribution is -0.136. The quantitative estimate of drug-likeness (QED) is 0.412. The zero-order valence-electron chi connectivity index (χ0n) is 16.2. The summed E-state index contributed by atoms with van der Waals surface area (Å²) in [5.41, 5.74) is -1.00. The Labute approximate surface area is 181 Å². The zero-order chi connectivity index (χ0) is 22.2. The first-order valence-electron chi connectivity index (χ1n) is 9.37. The number of pyridine rings is 1. The average Bonchev–Trinajstić information content (AvgIpc) is 3.28. The molecule has 0 aliphatic carbocycles. The monoisotopic (exact) mass is 442 g/mol. The van der Waals surface area contributed by atoms with Crippen LogP contribution >= 0.6 is 0 Å². The fraction of sp³-hybridized carbons (Fsp3) is 0.174. The highest BCUT2D eigenvalue weighted by atomic mass is 19.4. The highest BCUT2D eigenvalue weighted by molar-refractivity contribution is 5.96. The first-order valence-corrected chi connectivity index (χ1v) is 9.37. The molecule has 1 atom stereocenters. The molecule has 0 aliphatic rings. The number of H-pyrrole nitrogens is 2. The maximum absolute atomic E-state index is 13.8. The Kier molecular flexibility index (Phi) is 6.20. The largest absolute Gasteiger partial charge is 0.418 e. The highest BCUT2D eigenvalue weighted by Gasteiger charge is 2.34. The van der Waals surface area contributed by atoms with Crippen LogP contribution in [0.4, 0.5) is 13.2 Å². The Morgan fingerprint density at radius 2 is 1.81 bits per heavy atom. The molecule has 0 saturated heterocycles. The lowest BCUT2D eigenvalue weighted by Gasteiger charge is -2.16. The number of hydrogen-bond acceptors (Lipinski definition) is 3. The molecule has 0 radical (unpaired) electrons. The number of alkyl halides is 3. The van der Waals surface area contributed by atoms with Gasteiger partial charge in [-0.25, -0.2) is 0 Å². The smallest absolute Gasteiger partial charge is 0.350 e. The second-order valence-electron chi connectivity index (χ2n) is 7.08. The fourth-order valence-corrected chi connectivity index (χ4v) is 3.37. The number of benzene rings is 2. The van der Waals surface area contributed by atoms with Crippen molar-refractivity contribution in [3.05, 3.63) is 88.0 Å². The number of aromatic amines is 2. The molecule has 4 rings (SSSR count). The number of amides is 1. The molecule has 9 heteroatoms. The minimum Gasteiger partial charge on any atom is -0.350 e. The van der Waals surface area contributed by atoms with Gasteiger partial charge in [0.05, 0.1) is 23.3 Å². The van der Waals surface area contributed by atoms with Crippen LogP contribution in [0.15, 0.2) is 65.7 Å². The van der Waals surface area contributed by atoms with Crippen molar-refractivity contribution in [3.8, 4) is 11.1 Å². The van der Waals surface area contributed by atoms with Crippen molar-refractivity contribution in [2.75, 3.05) is 0 Å². The maximum Gasteiger partial charge on any atom is 0.418 e. The van der Waals surface area contributed by atoms with Gasteiger partial charge in [-0.2, -0.15) is 18.3 Å². The van der Waals surface area contributed by atoms with Gasteiger partial charge in [-0.3, -0.25) is 14.7 Å². The molecule has 166 valence electrons. The molecule has 32 heavy (non-hydrogen) atoms. The first kappa shape index (κ1) is 22.8. The first-order chi connectivity index (χ1) is 14.7. The van der Waals surface area contributed by atoms with Crippen LogP contribution in [0.1, 0.15) is 42.0 Å². The van der Waals surface area contributed by atoms with Crippen molar-refractivity contribution in [2.45, 2.75) is 26.6 Å². The summed E-state index contributed by atoms with van der Waals surface area (Å²) in [4.78, 5) is 27.9. The van der Waals surface area contributed by atoms with Gasteiger partial charge in [0.2, 0.25) is 0 Å². The van der Waals surface area contributed by atoms with E-state index in [0.29, 0.717) is 5.56 Å². The normalized spacial score (nSPS) is 12.2. The van der Waals surface area contributed by atoms with Gasteiger partial charge in [-0.1, -0.05) is 37.8 Å². The molecule has 0 saturated carbocycles. The molecule has 0 bridgehead atoms. The lowest BCUT2D eigenvalue weighted by atomic mass is 10.0. The van der Waals surface area contributed by atoms with Gasteiger partial charge in [0.15, 0.2) is 5.43 Å². The topological polar surface area (TPSA) is 90.6 Å². The van der Waals surface area contributed by atoms with Crippen LogP contribution in [0, 0.1) is 0 Å². The van der Waals surface area contributed by atoms with Crippen LogP contribution in [0.5, 0.6) is 0 Å². The predicted octanol–water partition coefficient (Wildman–Crippen LogP) is 5.06. The molecule has 3 N–H and O–H groups in total. The highest BCUT2D eigenvalue weighted by Crippen LogP contribution is 2.36. The molecule has 2 aromatic heterocycles. The fourth-order valence-electron chi connectivity index (χ4n) is 3.37. The molecule has 0 spiro atoms. The molecule has 0 fully saturated rings. The number of fused-ring (bicyclic) bond motifs is 1. The van der Waals surface area contributed by atoms with Crippen LogP contribution in [-0.4, -0.2) is 21.1 Å². The molecule has 0 unspecified atom stereocenters. The Hall–Kier alpha value is -3.88. The van der Waals surface area contributed by atoms with E-state index in [4.69, 9.17) is 0 Å². The van der Waals surface area contributed by atoms with E-state index in [9.17, 15) is 22.8 Å². The van der Waals surface area contributed by atoms with E-state index in [1.807, 2.05) is 30.3 Å². The van der Waals surface area contributed by atoms with Crippen LogP contribution < -0.4 is 10.7 Å². The number of carbonyl (C=O) groups excluding carboxylic acids is 1. The second-order valence-corrected chi connectivity index (χ2v) is 7.08. The molecule has 2 aromatic carbocycles. The zero-order valence-corrected chi connectivity index (χ0v) is 16.2. The predicted molar refractivity (Wildman–Crippen MR) is 116 cm³/mol. The number of rotatable bonds is 4. The number of nitrogens with zero attached hydrogens (tertiary/aromatic N) is 1. The van der Waals surface area contributed by atoms with Gasteiger partial charge >= 0.3 is 6.18 Å². The summed E-state index contributed by atoms with van der Waals surface area (Å²) in [6, 6.07) is 12.0. The summed E-state index contributed by atoms with van der Waals surface area (Å²) in [6.07, 6.45) is -1.95. The van der Waals surface area contributed by atoms with E-state index in [1.54, 1.807) is 6.92 Å². The summed E-state index contributed by atoms with van der Waals surface area (Å²) >= 11 is 0. The molecule has 1 amide bonds. The van der Waals surface area contributed by atoms with Crippen molar-refractivity contribution >= 4 is 16.8 Å². The van der Waals surface area contributed by atoms with Crippen molar-refractivity contribution < 1.29 is 18.0 Å². The third-order valence-electron chi connectivity index (χ3n) is 4.97. The summed E-state index contributed by atoms with van der Waals surface area (Å²) in [7, 11) is 0. The van der Waals surface area contributed by atoms with Crippen molar-refractivity contribution in [1.82, 2.24) is 20.5 Å². The van der Waals surface area contributed by atoms with Gasteiger partial charge in [-0.05, 0) is 30.2 Å². The lowest BCUT2D eigenvalue weighted by Crippen LogP contribution is -2.28. The van der Waals surface area contributed by atoms with Gasteiger partial charge in [0.25, 0.3) is 5.91 Å². The van der Waals surface area contributed by atoms with Crippen LogP contribution in [-0.2, 0) is 6.18 Å². The maximum atomic E-state index is 13.8. The minimum absolute atomic E-state index is 0. The van der Waals surface area contributed by atoms with Gasteiger partial charge < -0.3 is 10.3 Å². The number of carbonyl (C=O) groups is 1. The van der Waals surface area contributed by atoms with E-state index in [0.717, 1.165) is 17.7 Å². The van der Waals surface area contributed by atoms with E-state index in [-0.39, 0.29) is 24.1 Å². The van der Waals surface area contributed by atoms with E-state index < -0.39 is 34.6 Å². The summed E-state index contributed by atoms with van der Waals surface area (Å²) in [5.74, 6) is -0.678. The summed E-state index contributed by atoms with van der Waals surface area (Å²) in [6.45, 7) is 1.74. The van der Waals surface area contributed by atoms with E-state index >= 15 is 0 Å². The van der Waals surface area contributed by atoms with Crippen LogP contribution in [0.3, 0.4) is 0 Å². The Morgan fingerprint density at radius 1 is 1.09 bits per heavy atom. The Balaban J connectivity index is 0.00000289. The third-order valence-corrected chi connectivity index (χ3v) is 4.97. The molecule has 2 heterocycles. The second kappa shape index (κ2) is 8.70. The van der Waals surface area contributed by atoms with Crippen molar-refractivity contribution in [3.63, 3.8) is 0 Å². The molecule has 6 nitrogen and oxygen atoms in total.